The molecular weight excluding hydrogens is 919 g/mol. The van der Waals surface area contributed by atoms with Crippen molar-refractivity contribution in [2.75, 3.05) is 23.5 Å². The van der Waals surface area contributed by atoms with Gasteiger partial charge in [0.05, 0.1) is 0 Å². The summed E-state index contributed by atoms with van der Waals surface area (Å²) in [4.78, 5) is 59.9. The zero-order valence-electron chi connectivity index (χ0n) is 31.7. The molecule has 0 saturated carbocycles. The molecule has 0 fully saturated rings. The fourth-order valence-electron chi connectivity index (χ4n) is 1.72. The minimum atomic E-state index is -0.187. The first-order chi connectivity index (χ1) is 22.6. The number of hydrogen-bond donors (Lipinski definition) is 0. The molecule has 0 spiro atoms. The maximum absolute atomic E-state index is 9.98. The molecule has 53 heavy (non-hydrogen) atoms. The van der Waals surface area contributed by atoms with Gasteiger partial charge in [-0.2, -0.15) is 0 Å². The number of rotatable bonds is 8. The number of alkyl halides is 4. The molecule has 313 valence electrons. The van der Waals surface area contributed by atoms with E-state index in [1.807, 2.05) is 0 Å². The van der Waals surface area contributed by atoms with Crippen LogP contribution in [0.3, 0.4) is 0 Å². The predicted molar refractivity (Wildman–Crippen MR) is 190 cm³/mol. The second-order valence-corrected chi connectivity index (χ2v) is 10.5. The van der Waals surface area contributed by atoms with Gasteiger partial charge >= 0.3 is 50.3 Å². The summed E-state index contributed by atoms with van der Waals surface area (Å²) in [5.41, 5.74) is 0. The summed E-state index contributed by atoms with van der Waals surface area (Å²) in [5.74, 6) is -0.0216. The van der Waals surface area contributed by atoms with Gasteiger partial charge in [-0.15, -0.1) is 81.0 Å². The minimum absolute atomic E-state index is 0. The van der Waals surface area contributed by atoms with Crippen LogP contribution in [0.5, 0.6) is 0 Å². The molecule has 0 aromatic carbocycles. The molecule has 0 heterocycles. The molecule has 0 N–H and O–H groups in total. The van der Waals surface area contributed by atoms with Gasteiger partial charge in [0.2, 0.25) is 0 Å². The van der Waals surface area contributed by atoms with Crippen LogP contribution in [-0.4, -0.2) is 58.2 Å². The summed E-state index contributed by atoms with van der Waals surface area (Å²) in [5, 5.41) is 59.9. The van der Waals surface area contributed by atoms with Gasteiger partial charge in [0.15, 0.2) is 34.7 Å². The van der Waals surface area contributed by atoms with Gasteiger partial charge in [-0.25, -0.2) is 0 Å². The Balaban J connectivity index is -0.0000000422. The smallest absolute Gasteiger partial charge is 0.876 e. The van der Waals surface area contributed by atoms with E-state index < -0.39 is 0 Å². The minimum Gasteiger partial charge on any atom is -0.876 e. The van der Waals surface area contributed by atoms with Crippen molar-refractivity contribution in [3.05, 3.63) is 71.0 Å². The summed E-state index contributed by atoms with van der Waals surface area (Å²) in [6, 6.07) is 0. The van der Waals surface area contributed by atoms with Crippen LogP contribution >= 0.6 is 46.4 Å². The molecule has 0 aromatic rings. The summed E-state index contributed by atoms with van der Waals surface area (Å²) >= 11 is 20.2. The Kier molecular flexibility index (Phi) is 93.1. The maximum atomic E-state index is 9.98. The average molecular weight is 969 g/mol. The zero-order valence-corrected chi connectivity index (χ0v) is 37.9. The number of halogens is 4. The Morgan fingerprint density at radius 3 is 0.377 bits per heavy atom. The molecule has 0 bridgehead atoms. The number of carbonyl (C=O) groups is 6. The topological polar surface area (TPSA) is 241 Å². The quantitative estimate of drug-likeness (QED) is 0.193. The standard InChI is InChI=1S/6C5H8O2.2C2H4Cl2.3Co/c6*1-4(6)3-5(2)7;2*3-1-2-4;;;/h6*3,6H,1-2H3;2*1-2H2;;;/q;;;;;;;;3*+2/p-6/b6*4-3-;;;;;. The van der Waals surface area contributed by atoms with Crippen molar-refractivity contribution in [2.45, 2.75) is 83.1 Å². The van der Waals surface area contributed by atoms with Crippen LogP contribution in [0.1, 0.15) is 83.1 Å². The second kappa shape index (κ2) is 62.0. The predicted octanol–water partition coefficient (Wildman–Crippen LogP) is 1.96. The van der Waals surface area contributed by atoms with E-state index >= 15 is 0 Å². The summed E-state index contributed by atoms with van der Waals surface area (Å²) < 4.78 is 0. The summed E-state index contributed by atoms with van der Waals surface area (Å²) in [6.45, 7) is 16.2. The molecule has 0 saturated heterocycles. The third-order valence-electron chi connectivity index (χ3n) is 2.58. The van der Waals surface area contributed by atoms with Crippen molar-refractivity contribution < 1.29 is 110 Å². The van der Waals surface area contributed by atoms with Gasteiger partial charge in [-0.1, -0.05) is 41.5 Å². The second-order valence-electron chi connectivity index (χ2n) is 8.95. The normalized spacial score (nSPS) is 10.2. The zero-order chi connectivity index (χ0) is 42.0. The Morgan fingerprint density at radius 1 is 0.302 bits per heavy atom. The van der Waals surface area contributed by atoms with Gasteiger partial charge in [-0.05, 0) is 78.0 Å². The Hall–Kier alpha value is -2.06. The van der Waals surface area contributed by atoms with Crippen molar-refractivity contribution in [2.24, 2.45) is 0 Å². The molecule has 0 amide bonds. The van der Waals surface area contributed by atoms with Gasteiger partial charge in [0.25, 0.3) is 0 Å². The third kappa shape index (κ3) is 200. The van der Waals surface area contributed by atoms with Crippen LogP contribution in [0.15, 0.2) is 71.0 Å². The van der Waals surface area contributed by atoms with Crippen molar-refractivity contribution in [3.8, 4) is 0 Å². The molecule has 0 aliphatic rings. The molecular formula is C34H50Cl4Co3O12. The van der Waals surface area contributed by atoms with Gasteiger partial charge < -0.3 is 30.6 Å². The van der Waals surface area contributed by atoms with Crippen LogP contribution in [-0.2, 0) is 79.1 Å². The van der Waals surface area contributed by atoms with Gasteiger partial charge in [0.1, 0.15) is 0 Å². The van der Waals surface area contributed by atoms with Crippen LogP contribution in [0.25, 0.3) is 0 Å². The monoisotopic (exact) mass is 967 g/mol. The van der Waals surface area contributed by atoms with Crippen LogP contribution in [0.2, 0.25) is 0 Å². The number of carbonyl (C=O) groups excluding carboxylic acids is 6. The van der Waals surface area contributed by atoms with Crippen molar-refractivity contribution in [1.29, 1.82) is 0 Å². The first-order valence-corrected chi connectivity index (χ1v) is 16.1. The van der Waals surface area contributed by atoms with E-state index in [2.05, 4.69) is 0 Å². The molecule has 0 aromatic heterocycles. The van der Waals surface area contributed by atoms with Crippen molar-refractivity contribution in [1.82, 2.24) is 0 Å². The van der Waals surface area contributed by atoms with E-state index in [4.69, 9.17) is 46.4 Å². The van der Waals surface area contributed by atoms with E-state index in [1.165, 1.54) is 83.1 Å². The first-order valence-electron chi connectivity index (χ1n) is 14.0. The largest absolute Gasteiger partial charge is 2.00 e. The fourth-order valence-corrected chi connectivity index (χ4v) is 1.72. The molecule has 3 radical (unpaired) electrons. The van der Waals surface area contributed by atoms with Crippen LogP contribution < -0.4 is 30.6 Å². The summed E-state index contributed by atoms with van der Waals surface area (Å²) in [6.07, 6.45) is 6.33. The van der Waals surface area contributed by atoms with E-state index in [-0.39, 0.29) is 120 Å². The number of ketones is 6. The number of hydrogen-bond acceptors (Lipinski definition) is 12. The fraction of sp³-hybridized carbons (Fsp3) is 0.471. The van der Waals surface area contributed by atoms with Gasteiger partial charge in [0, 0.05) is 23.5 Å². The summed E-state index contributed by atoms with van der Waals surface area (Å²) in [7, 11) is 0. The van der Waals surface area contributed by atoms with Crippen LogP contribution in [0, 0.1) is 0 Å². The van der Waals surface area contributed by atoms with E-state index in [0.29, 0.717) is 23.5 Å². The van der Waals surface area contributed by atoms with E-state index in [1.54, 1.807) is 0 Å². The first kappa shape index (κ1) is 79.6. The van der Waals surface area contributed by atoms with E-state index in [9.17, 15) is 59.4 Å². The molecule has 0 rings (SSSR count). The molecule has 0 aliphatic carbocycles. The molecule has 0 aliphatic heterocycles. The molecule has 0 unspecified atom stereocenters. The Morgan fingerprint density at radius 2 is 0.377 bits per heavy atom. The van der Waals surface area contributed by atoms with Crippen molar-refractivity contribution in [3.63, 3.8) is 0 Å². The van der Waals surface area contributed by atoms with Gasteiger partial charge in [-0.3, -0.25) is 28.8 Å². The SMILES string of the molecule is CC(=O)/C=C(/C)[O-].CC(=O)/C=C(/C)[O-].CC(=O)/C=C(/C)[O-].CC(=O)/C=C(/C)[O-].CC(=O)/C=C(/C)[O-].CC(=O)/C=C(/C)[O-].ClCCCl.ClCCCl.[Co+2].[Co+2].[Co+2]. The third-order valence-corrected chi connectivity index (χ3v) is 3.72. The Labute approximate surface area is 366 Å². The number of allylic oxidation sites excluding steroid dienone is 12. The maximum Gasteiger partial charge on any atom is 2.00 e. The molecule has 0 atom stereocenters. The molecule has 19 heteroatoms. The molecule has 12 nitrogen and oxygen atoms in total. The van der Waals surface area contributed by atoms with Crippen LogP contribution in [0.4, 0.5) is 0 Å². The Bertz CT molecular complexity index is 903. The van der Waals surface area contributed by atoms with Crippen molar-refractivity contribution >= 4 is 81.1 Å². The van der Waals surface area contributed by atoms with E-state index in [0.717, 1.165) is 36.5 Å². The average Bonchev–Trinajstić information content (AvgIpc) is 2.86.